The summed E-state index contributed by atoms with van der Waals surface area (Å²) in [7, 11) is -3.89. The lowest BCUT2D eigenvalue weighted by atomic mass is 10.2. The van der Waals surface area contributed by atoms with Crippen molar-refractivity contribution in [1.82, 2.24) is 9.97 Å². The van der Waals surface area contributed by atoms with Crippen LogP contribution in [0.3, 0.4) is 0 Å². The molecule has 6 nitrogen and oxygen atoms in total. The van der Waals surface area contributed by atoms with Gasteiger partial charge in [0.1, 0.15) is 11.2 Å². The Labute approximate surface area is 164 Å². The second-order valence-corrected chi connectivity index (χ2v) is 8.11. The molecule has 0 saturated heterocycles. The van der Waals surface area contributed by atoms with Crippen molar-refractivity contribution in [2.75, 3.05) is 4.72 Å². The van der Waals surface area contributed by atoms with Gasteiger partial charge in [-0.2, -0.15) is 0 Å². The first-order chi connectivity index (χ1) is 12.4. The number of hydrogen-bond acceptors (Lipinski definition) is 5. The Morgan fingerprint density at radius 1 is 1.12 bits per heavy atom. The summed E-state index contributed by atoms with van der Waals surface area (Å²) >= 11 is 9.08. The molecule has 26 heavy (non-hydrogen) atoms. The van der Waals surface area contributed by atoms with E-state index in [0.29, 0.717) is 9.63 Å². The number of hydrogen-bond donors (Lipinski definition) is 1. The molecule has 3 rings (SSSR count). The average molecular weight is 455 g/mol. The smallest absolute Gasteiger partial charge is 0.263 e. The fraction of sp³-hybridized carbons (Fsp3) is 0.0588. The molecule has 2 aromatic carbocycles. The van der Waals surface area contributed by atoms with Crippen LogP contribution in [0, 0.1) is 0 Å². The van der Waals surface area contributed by atoms with E-state index in [9.17, 15) is 8.42 Å². The van der Waals surface area contributed by atoms with Crippen LogP contribution in [0.25, 0.3) is 0 Å². The van der Waals surface area contributed by atoms with Crippen molar-refractivity contribution in [3.63, 3.8) is 0 Å². The van der Waals surface area contributed by atoms with Crippen LogP contribution in [0.5, 0.6) is 5.88 Å². The molecule has 0 spiro atoms. The maximum Gasteiger partial charge on any atom is 0.263 e. The van der Waals surface area contributed by atoms with Gasteiger partial charge in [-0.25, -0.2) is 18.4 Å². The summed E-state index contributed by atoms with van der Waals surface area (Å²) in [5.74, 6) is 0.0536. The molecule has 0 unspecified atom stereocenters. The summed E-state index contributed by atoms with van der Waals surface area (Å²) in [6.45, 7) is 0.220. The number of sulfonamides is 1. The molecule has 0 amide bonds. The third-order valence-electron chi connectivity index (χ3n) is 3.27. The topological polar surface area (TPSA) is 81.2 Å². The first kappa shape index (κ1) is 18.6. The molecular formula is C17H13BrClN3O3S. The summed E-state index contributed by atoms with van der Waals surface area (Å²) in [6.07, 6.45) is 1.38. The minimum absolute atomic E-state index is 0.0101. The Balaban J connectivity index is 1.85. The summed E-state index contributed by atoms with van der Waals surface area (Å²) in [6, 6.07) is 15.4. The molecule has 134 valence electrons. The van der Waals surface area contributed by atoms with Crippen molar-refractivity contribution in [2.24, 2.45) is 0 Å². The van der Waals surface area contributed by atoms with Crippen LogP contribution in [0.1, 0.15) is 5.56 Å². The SMILES string of the molecule is O=S(=O)(Nc1ncc(Br)nc1OCc1ccccc1)c1cccc(Cl)c1. The first-order valence-electron chi connectivity index (χ1n) is 7.42. The van der Waals surface area contributed by atoms with Crippen molar-refractivity contribution in [2.45, 2.75) is 11.5 Å². The van der Waals surface area contributed by atoms with Crippen molar-refractivity contribution in [3.8, 4) is 5.88 Å². The van der Waals surface area contributed by atoms with E-state index in [4.69, 9.17) is 16.3 Å². The van der Waals surface area contributed by atoms with E-state index in [1.54, 1.807) is 12.1 Å². The number of benzene rings is 2. The van der Waals surface area contributed by atoms with E-state index >= 15 is 0 Å². The van der Waals surface area contributed by atoms with E-state index in [0.717, 1.165) is 5.56 Å². The number of ether oxygens (including phenoxy) is 1. The van der Waals surface area contributed by atoms with Gasteiger partial charge in [0.2, 0.25) is 5.82 Å². The van der Waals surface area contributed by atoms with Crippen LogP contribution in [0.15, 0.2) is 70.3 Å². The van der Waals surface area contributed by atoms with Gasteiger partial charge in [0, 0.05) is 5.02 Å². The van der Waals surface area contributed by atoms with E-state index in [2.05, 4.69) is 30.6 Å². The van der Waals surface area contributed by atoms with Crippen LogP contribution < -0.4 is 9.46 Å². The number of aromatic nitrogens is 2. The zero-order valence-corrected chi connectivity index (χ0v) is 16.4. The zero-order chi connectivity index (χ0) is 18.6. The molecule has 1 aromatic heterocycles. The van der Waals surface area contributed by atoms with Crippen molar-refractivity contribution in [1.29, 1.82) is 0 Å². The highest BCUT2D eigenvalue weighted by Crippen LogP contribution is 2.26. The molecule has 0 bridgehead atoms. The minimum Gasteiger partial charge on any atom is -0.470 e. The van der Waals surface area contributed by atoms with E-state index in [1.165, 1.54) is 18.3 Å². The zero-order valence-electron chi connectivity index (χ0n) is 13.3. The first-order valence-corrected chi connectivity index (χ1v) is 10.1. The van der Waals surface area contributed by atoms with Gasteiger partial charge in [0.25, 0.3) is 15.9 Å². The highest BCUT2D eigenvalue weighted by molar-refractivity contribution is 9.10. The Morgan fingerprint density at radius 3 is 2.62 bits per heavy atom. The molecule has 0 radical (unpaired) electrons. The van der Waals surface area contributed by atoms with E-state index in [1.807, 2.05) is 30.3 Å². The van der Waals surface area contributed by atoms with Crippen LogP contribution in [0.4, 0.5) is 5.82 Å². The number of nitrogens with zero attached hydrogens (tertiary/aromatic N) is 2. The van der Waals surface area contributed by atoms with Crippen LogP contribution >= 0.6 is 27.5 Å². The fourth-order valence-electron chi connectivity index (χ4n) is 2.07. The molecule has 0 fully saturated rings. The second kappa shape index (κ2) is 8.03. The fourth-order valence-corrected chi connectivity index (χ4v) is 3.64. The van der Waals surface area contributed by atoms with Gasteiger partial charge >= 0.3 is 0 Å². The van der Waals surface area contributed by atoms with Gasteiger partial charge in [-0.1, -0.05) is 48.0 Å². The van der Waals surface area contributed by atoms with Gasteiger partial charge in [-0.05, 0) is 39.7 Å². The molecule has 0 atom stereocenters. The highest BCUT2D eigenvalue weighted by atomic mass is 79.9. The van der Waals surface area contributed by atoms with Gasteiger partial charge < -0.3 is 4.74 Å². The molecule has 3 aromatic rings. The quantitative estimate of drug-likeness (QED) is 0.601. The summed E-state index contributed by atoms with van der Waals surface area (Å²) in [5, 5.41) is 0.315. The van der Waals surface area contributed by atoms with Crippen LogP contribution in [0.2, 0.25) is 5.02 Å². The Hall–Kier alpha value is -2.16. The average Bonchev–Trinajstić information content (AvgIpc) is 2.62. The van der Waals surface area contributed by atoms with Crippen LogP contribution in [-0.4, -0.2) is 18.4 Å². The molecule has 0 saturated carbocycles. The second-order valence-electron chi connectivity index (χ2n) is 5.18. The lowest BCUT2D eigenvalue weighted by Gasteiger charge is -2.12. The molecule has 0 aliphatic carbocycles. The highest BCUT2D eigenvalue weighted by Gasteiger charge is 2.19. The molecule has 1 N–H and O–H groups in total. The largest absolute Gasteiger partial charge is 0.470 e. The summed E-state index contributed by atoms with van der Waals surface area (Å²) in [4.78, 5) is 8.25. The van der Waals surface area contributed by atoms with Crippen molar-refractivity contribution >= 4 is 43.4 Å². The maximum absolute atomic E-state index is 12.6. The molecular weight excluding hydrogens is 442 g/mol. The Morgan fingerprint density at radius 2 is 1.88 bits per heavy atom. The minimum atomic E-state index is -3.89. The summed E-state index contributed by atoms with van der Waals surface area (Å²) < 4.78 is 33.6. The number of nitrogens with one attached hydrogen (secondary N) is 1. The van der Waals surface area contributed by atoms with Gasteiger partial charge in [0.05, 0.1) is 11.1 Å². The predicted octanol–water partition coefficient (Wildman–Crippen LogP) is 4.27. The molecule has 1 heterocycles. The summed E-state index contributed by atoms with van der Waals surface area (Å²) in [5.41, 5.74) is 0.915. The number of anilines is 1. The normalized spacial score (nSPS) is 11.2. The standard InChI is InChI=1S/C17H13BrClN3O3S/c18-15-10-20-16(17(21-15)25-11-12-5-2-1-3-6-12)22-26(23,24)14-8-4-7-13(19)9-14/h1-10H,11H2,(H,20,22). The lowest BCUT2D eigenvalue weighted by molar-refractivity contribution is 0.294. The van der Waals surface area contributed by atoms with Gasteiger partial charge in [0.15, 0.2) is 0 Å². The van der Waals surface area contributed by atoms with Gasteiger partial charge in [-0.3, -0.25) is 4.72 Å². The predicted molar refractivity (Wildman–Crippen MR) is 103 cm³/mol. The Bertz CT molecular complexity index is 1020. The third-order valence-corrected chi connectivity index (χ3v) is 5.22. The van der Waals surface area contributed by atoms with E-state index < -0.39 is 10.0 Å². The lowest BCUT2D eigenvalue weighted by Crippen LogP contribution is -2.15. The van der Waals surface area contributed by atoms with Crippen molar-refractivity contribution < 1.29 is 13.2 Å². The number of rotatable bonds is 6. The monoisotopic (exact) mass is 453 g/mol. The van der Waals surface area contributed by atoms with E-state index in [-0.39, 0.29) is 23.2 Å². The maximum atomic E-state index is 12.6. The molecule has 0 aliphatic heterocycles. The number of halogens is 2. The van der Waals surface area contributed by atoms with Crippen molar-refractivity contribution in [3.05, 3.63) is 76.0 Å². The molecule has 0 aliphatic rings. The molecule has 9 heteroatoms. The van der Waals surface area contributed by atoms with Crippen LogP contribution in [-0.2, 0) is 16.6 Å². The third kappa shape index (κ3) is 4.72. The Kier molecular flexibility index (Phi) is 5.75. The van der Waals surface area contributed by atoms with Gasteiger partial charge in [-0.15, -0.1) is 0 Å².